The van der Waals surface area contributed by atoms with E-state index < -0.39 is 16.2 Å². The standard InChI is InChI=1S/C13H8Br2N2O4/c14-8-5-11(17(20)21)13(19)16(6-8)7-12(18)9-3-1-2-4-10(9)15/h1-6H,7H2. The molecule has 0 saturated carbocycles. The van der Waals surface area contributed by atoms with Crippen LogP contribution < -0.4 is 5.56 Å². The summed E-state index contributed by atoms with van der Waals surface area (Å²) < 4.78 is 1.98. The highest BCUT2D eigenvalue weighted by molar-refractivity contribution is 9.10. The number of carbonyl (C=O) groups excluding carboxylic acids is 1. The SMILES string of the molecule is O=C(Cn1cc(Br)cc([N+](=O)[O-])c1=O)c1ccccc1Br. The van der Waals surface area contributed by atoms with Gasteiger partial charge in [0.2, 0.25) is 0 Å². The van der Waals surface area contributed by atoms with Gasteiger partial charge in [-0.05, 0) is 22.0 Å². The molecule has 0 aliphatic carbocycles. The summed E-state index contributed by atoms with van der Waals surface area (Å²) in [6.45, 7) is -0.276. The number of aromatic nitrogens is 1. The highest BCUT2D eigenvalue weighted by Crippen LogP contribution is 2.18. The van der Waals surface area contributed by atoms with Crippen LogP contribution in [0.1, 0.15) is 10.4 Å². The minimum Gasteiger partial charge on any atom is -0.301 e. The maximum absolute atomic E-state index is 12.2. The Hall–Kier alpha value is -1.80. The van der Waals surface area contributed by atoms with Gasteiger partial charge >= 0.3 is 11.2 Å². The van der Waals surface area contributed by atoms with Crippen LogP contribution in [0.5, 0.6) is 0 Å². The molecule has 1 heterocycles. The minimum absolute atomic E-state index is 0.276. The van der Waals surface area contributed by atoms with Crippen molar-refractivity contribution in [2.45, 2.75) is 6.54 Å². The van der Waals surface area contributed by atoms with Gasteiger partial charge in [0.05, 0.1) is 11.5 Å². The van der Waals surface area contributed by atoms with E-state index in [0.29, 0.717) is 14.5 Å². The van der Waals surface area contributed by atoms with Gasteiger partial charge in [0, 0.05) is 26.8 Å². The lowest BCUT2D eigenvalue weighted by Gasteiger charge is -2.07. The zero-order valence-electron chi connectivity index (χ0n) is 10.5. The van der Waals surface area contributed by atoms with Gasteiger partial charge in [0.1, 0.15) is 0 Å². The summed E-state index contributed by atoms with van der Waals surface area (Å²) in [4.78, 5) is 34.2. The van der Waals surface area contributed by atoms with Gasteiger partial charge in [-0.15, -0.1) is 0 Å². The molecule has 0 N–H and O–H groups in total. The van der Waals surface area contributed by atoms with Crippen LogP contribution in [0, 0.1) is 10.1 Å². The second-order valence-corrected chi connectivity index (χ2v) is 5.91. The Morgan fingerprint density at radius 3 is 2.57 bits per heavy atom. The molecule has 0 unspecified atom stereocenters. The second kappa shape index (κ2) is 6.31. The third-order valence-electron chi connectivity index (χ3n) is 2.72. The molecule has 108 valence electrons. The lowest BCUT2D eigenvalue weighted by atomic mass is 10.1. The summed E-state index contributed by atoms with van der Waals surface area (Å²) in [5.74, 6) is -0.322. The molecule has 0 saturated heterocycles. The summed E-state index contributed by atoms with van der Waals surface area (Å²) >= 11 is 6.35. The molecular formula is C13H8Br2N2O4. The molecule has 0 spiro atoms. The van der Waals surface area contributed by atoms with Crippen LogP contribution in [-0.2, 0) is 6.54 Å². The van der Waals surface area contributed by atoms with E-state index in [9.17, 15) is 19.7 Å². The monoisotopic (exact) mass is 414 g/mol. The van der Waals surface area contributed by atoms with Crippen LogP contribution >= 0.6 is 31.9 Å². The summed E-state index contributed by atoms with van der Waals surface area (Å²) in [6, 6.07) is 7.89. The van der Waals surface area contributed by atoms with Crippen LogP contribution in [0.4, 0.5) is 5.69 Å². The van der Waals surface area contributed by atoms with E-state index in [-0.39, 0.29) is 12.3 Å². The first-order valence-electron chi connectivity index (χ1n) is 5.72. The lowest BCUT2D eigenvalue weighted by molar-refractivity contribution is -0.386. The Bertz CT molecular complexity index is 786. The zero-order valence-corrected chi connectivity index (χ0v) is 13.6. The molecule has 2 aromatic rings. The summed E-state index contributed by atoms with van der Waals surface area (Å²) in [6.07, 6.45) is 1.35. The Kier molecular flexibility index (Phi) is 4.69. The Morgan fingerprint density at radius 1 is 1.29 bits per heavy atom. The van der Waals surface area contributed by atoms with E-state index >= 15 is 0 Å². The Morgan fingerprint density at radius 2 is 1.95 bits per heavy atom. The number of hydrogen-bond acceptors (Lipinski definition) is 4. The topological polar surface area (TPSA) is 82.2 Å². The number of nitro groups is 1. The zero-order chi connectivity index (χ0) is 15.6. The average molecular weight is 416 g/mol. The van der Waals surface area contributed by atoms with Gasteiger partial charge < -0.3 is 4.57 Å². The first kappa shape index (κ1) is 15.6. The van der Waals surface area contributed by atoms with Crippen LogP contribution in [0.15, 0.2) is 50.3 Å². The molecule has 0 fully saturated rings. The van der Waals surface area contributed by atoms with Crippen molar-refractivity contribution in [1.29, 1.82) is 0 Å². The summed E-state index contributed by atoms with van der Waals surface area (Å²) in [5, 5.41) is 10.8. The molecule has 1 aromatic heterocycles. The molecule has 0 radical (unpaired) electrons. The van der Waals surface area contributed by atoms with Gasteiger partial charge in [-0.25, -0.2) is 0 Å². The van der Waals surface area contributed by atoms with Crippen molar-refractivity contribution in [1.82, 2.24) is 4.57 Å². The number of nitrogens with zero attached hydrogens (tertiary/aromatic N) is 2. The van der Waals surface area contributed by atoms with Crippen molar-refractivity contribution in [2.24, 2.45) is 0 Å². The van der Waals surface area contributed by atoms with Gasteiger partial charge in [-0.2, -0.15) is 0 Å². The van der Waals surface area contributed by atoms with Crippen molar-refractivity contribution >= 4 is 43.3 Å². The molecular weight excluding hydrogens is 408 g/mol. The molecule has 6 nitrogen and oxygen atoms in total. The third kappa shape index (κ3) is 3.45. The van der Waals surface area contributed by atoms with E-state index in [2.05, 4.69) is 31.9 Å². The molecule has 0 aliphatic rings. The first-order chi connectivity index (χ1) is 9.90. The smallest absolute Gasteiger partial charge is 0.301 e. The molecule has 21 heavy (non-hydrogen) atoms. The van der Waals surface area contributed by atoms with Gasteiger partial charge in [0.25, 0.3) is 0 Å². The molecule has 0 bridgehead atoms. The number of rotatable bonds is 4. The van der Waals surface area contributed by atoms with Crippen LogP contribution in [0.3, 0.4) is 0 Å². The largest absolute Gasteiger partial charge is 0.335 e. The number of halogens is 2. The summed E-state index contributed by atoms with van der Waals surface area (Å²) in [5.41, 5.74) is -0.986. The quantitative estimate of drug-likeness (QED) is 0.436. The number of hydrogen-bond donors (Lipinski definition) is 0. The lowest BCUT2D eigenvalue weighted by Crippen LogP contribution is -2.25. The van der Waals surface area contributed by atoms with Gasteiger partial charge in [-0.1, -0.05) is 34.1 Å². The molecule has 2 rings (SSSR count). The number of ketones is 1. The fourth-order valence-electron chi connectivity index (χ4n) is 1.76. The van der Waals surface area contributed by atoms with E-state index in [0.717, 1.165) is 10.6 Å². The number of benzene rings is 1. The number of carbonyl (C=O) groups is 1. The fraction of sp³-hybridized carbons (Fsp3) is 0.0769. The third-order valence-corrected chi connectivity index (χ3v) is 3.84. The molecule has 1 aromatic carbocycles. The van der Waals surface area contributed by atoms with Crippen molar-refractivity contribution in [3.63, 3.8) is 0 Å². The molecule has 0 aliphatic heterocycles. The predicted octanol–water partition coefficient (Wildman–Crippen LogP) is 3.16. The predicted molar refractivity (Wildman–Crippen MR) is 83.5 cm³/mol. The van der Waals surface area contributed by atoms with Gasteiger partial charge in [0.15, 0.2) is 5.78 Å². The highest BCUT2D eigenvalue weighted by Gasteiger charge is 2.18. The van der Waals surface area contributed by atoms with Crippen LogP contribution in [0.25, 0.3) is 0 Å². The van der Waals surface area contributed by atoms with E-state index in [1.807, 2.05) is 0 Å². The Balaban J connectivity index is 2.41. The maximum atomic E-state index is 12.2. The van der Waals surface area contributed by atoms with Crippen LogP contribution in [0.2, 0.25) is 0 Å². The van der Waals surface area contributed by atoms with Crippen molar-refractivity contribution in [3.05, 3.63) is 71.5 Å². The Labute approximate surface area is 135 Å². The average Bonchev–Trinajstić information content (AvgIpc) is 2.42. The van der Waals surface area contributed by atoms with E-state index in [1.54, 1.807) is 24.3 Å². The number of Topliss-reactive ketones (excluding diaryl/α,β-unsaturated/α-hetero) is 1. The van der Waals surface area contributed by atoms with E-state index in [1.165, 1.54) is 6.20 Å². The molecule has 8 heteroatoms. The van der Waals surface area contributed by atoms with Gasteiger partial charge in [-0.3, -0.25) is 19.7 Å². The first-order valence-corrected chi connectivity index (χ1v) is 7.31. The van der Waals surface area contributed by atoms with Crippen molar-refractivity contribution in [3.8, 4) is 0 Å². The molecule has 0 atom stereocenters. The van der Waals surface area contributed by atoms with Crippen molar-refractivity contribution < 1.29 is 9.72 Å². The van der Waals surface area contributed by atoms with Crippen molar-refractivity contribution in [2.75, 3.05) is 0 Å². The van der Waals surface area contributed by atoms with E-state index in [4.69, 9.17) is 0 Å². The molecule has 0 amide bonds. The van der Waals surface area contributed by atoms with Crippen LogP contribution in [-0.4, -0.2) is 15.3 Å². The number of pyridine rings is 1. The fourth-order valence-corrected chi connectivity index (χ4v) is 2.73. The summed E-state index contributed by atoms with van der Waals surface area (Å²) in [7, 11) is 0. The maximum Gasteiger partial charge on any atom is 0.335 e. The highest BCUT2D eigenvalue weighted by atomic mass is 79.9. The minimum atomic E-state index is -0.816. The normalized spacial score (nSPS) is 10.4. The second-order valence-electron chi connectivity index (χ2n) is 4.14.